The van der Waals surface area contributed by atoms with Gasteiger partial charge in [0.05, 0.1) is 7.11 Å². The monoisotopic (exact) mass is 260 g/mol. The fourth-order valence-electron chi connectivity index (χ4n) is 1.31. The van der Waals surface area contributed by atoms with Crippen LogP contribution in [0.15, 0.2) is 0 Å². The van der Waals surface area contributed by atoms with Crippen LogP contribution in [0, 0.1) is 0 Å². The highest BCUT2D eigenvalue weighted by molar-refractivity contribution is 5.84. The van der Waals surface area contributed by atoms with Crippen LogP contribution in [-0.2, 0) is 14.4 Å². The summed E-state index contributed by atoms with van der Waals surface area (Å²) in [5.74, 6) is -0.301. The van der Waals surface area contributed by atoms with E-state index in [1.54, 1.807) is 20.8 Å². The molecule has 0 aliphatic rings. The van der Waals surface area contributed by atoms with Gasteiger partial charge in [0.25, 0.3) is 5.91 Å². The summed E-state index contributed by atoms with van der Waals surface area (Å²) in [6.07, 6.45) is 0.703. The normalized spacial score (nSPS) is 12.8. The molecule has 2 amide bonds. The molecule has 0 fully saturated rings. The maximum Gasteiger partial charge on any atom is 0.408 e. The molecule has 0 saturated heterocycles. The van der Waals surface area contributed by atoms with Gasteiger partial charge in [-0.3, -0.25) is 9.63 Å². The largest absolute Gasteiger partial charge is 0.444 e. The van der Waals surface area contributed by atoms with Crippen molar-refractivity contribution in [2.24, 2.45) is 0 Å². The number of alkyl carbamates (subject to hydrolysis) is 1. The maximum atomic E-state index is 11.9. The molecule has 0 spiro atoms. The Kier molecular flexibility index (Phi) is 6.68. The molecule has 1 N–H and O–H groups in total. The molecule has 0 aromatic rings. The van der Waals surface area contributed by atoms with Crippen molar-refractivity contribution in [2.45, 2.75) is 52.2 Å². The van der Waals surface area contributed by atoms with Gasteiger partial charge in [-0.2, -0.15) is 0 Å². The molecule has 0 heterocycles. The number of hydroxylamine groups is 2. The average Bonchev–Trinajstić information content (AvgIpc) is 2.23. The predicted octanol–water partition coefficient (Wildman–Crippen LogP) is 1.70. The standard InChI is InChI=1S/C12H24N2O4/c1-7-8-9(10(15)14(5)17-6)13-11(16)18-12(2,3)4/h9H,7-8H2,1-6H3,(H,13,16)/t9-/m1/s1. The molecule has 0 aliphatic carbocycles. The average molecular weight is 260 g/mol. The first kappa shape index (κ1) is 16.7. The lowest BCUT2D eigenvalue weighted by Gasteiger charge is -2.25. The van der Waals surface area contributed by atoms with E-state index in [1.807, 2.05) is 6.92 Å². The van der Waals surface area contributed by atoms with Gasteiger partial charge in [0.2, 0.25) is 0 Å². The summed E-state index contributed by atoms with van der Waals surface area (Å²) in [6, 6.07) is -0.630. The Bertz CT molecular complexity index is 286. The number of hydrogen-bond donors (Lipinski definition) is 1. The van der Waals surface area contributed by atoms with Crippen LogP contribution in [-0.4, -0.2) is 42.9 Å². The van der Waals surface area contributed by atoms with E-state index in [4.69, 9.17) is 9.57 Å². The Morgan fingerprint density at radius 2 is 1.89 bits per heavy atom. The van der Waals surface area contributed by atoms with Crippen LogP contribution in [0.3, 0.4) is 0 Å². The van der Waals surface area contributed by atoms with Crippen LogP contribution in [0.5, 0.6) is 0 Å². The van der Waals surface area contributed by atoms with Crippen molar-refractivity contribution in [3.05, 3.63) is 0 Å². The van der Waals surface area contributed by atoms with Gasteiger partial charge in [0.15, 0.2) is 0 Å². The number of carbonyl (C=O) groups is 2. The predicted molar refractivity (Wildman–Crippen MR) is 67.8 cm³/mol. The fraction of sp³-hybridized carbons (Fsp3) is 0.833. The Morgan fingerprint density at radius 3 is 2.28 bits per heavy atom. The summed E-state index contributed by atoms with van der Waals surface area (Å²) < 4.78 is 5.12. The van der Waals surface area contributed by atoms with E-state index in [-0.39, 0.29) is 5.91 Å². The maximum absolute atomic E-state index is 11.9. The molecule has 0 unspecified atom stereocenters. The van der Waals surface area contributed by atoms with Crippen LogP contribution >= 0.6 is 0 Å². The van der Waals surface area contributed by atoms with Crippen molar-refractivity contribution in [3.63, 3.8) is 0 Å². The van der Waals surface area contributed by atoms with Gasteiger partial charge in [0.1, 0.15) is 11.6 Å². The highest BCUT2D eigenvalue weighted by atomic mass is 16.7. The Morgan fingerprint density at radius 1 is 1.33 bits per heavy atom. The van der Waals surface area contributed by atoms with Crippen molar-refractivity contribution in [3.8, 4) is 0 Å². The van der Waals surface area contributed by atoms with Crippen molar-refractivity contribution in [1.82, 2.24) is 10.4 Å². The van der Waals surface area contributed by atoms with E-state index in [0.717, 1.165) is 11.5 Å². The van der Waals surface area contributed by atoms with Crippen LogP contribution in [0.2, 0.25) is 0 Å². The number of nitrogens with one attached hydrogen (secondary N) is 1. The quantitative estimate of drug-likeness (QED) is 0.764. The van der Waals surface area contributed by atoms with E-state index < -0.39 is 17.7 Å². The first-order valence-corrected chi connectivity index (χ1v) is 6.02. The first-order chi connectivity index (χ1) is 8.21. The van der Waals surface area contributed by atoms with Gasteiger partial charge in [0, 0.05) is 7.05 Å². The number of likely N-dealkylation sites (N-methyl/N-ethyl adjacent to an activating group) is 1. The number of hydrogen-bond acceptors (Lipinski definition) is 4. The molecular formula is C12H24N2O4. The number of nitrogens with zero attached hydrogens (tertiary/aromatic N) is 1. The SMILES string of the molecule is CCC[C@@H](NC(=O)OC(C)(C)C)C(=O)N(C)OC. The van der Waals surface area contributed by atoms with Gasteiger partial charge in [-0.05, 0) is 27.2 Å². The zero-order valence-electron chi connectivity index (χ0n) is 12.1. The zero-order chi connectivity index (χ0) is 14.3. The molecule has 6 nitrogen and oxygen atoms in total. The summed E-state index contributed by atoms with van der Waals surface area (Å²) in [5.41, 5.74) is -0.586. The highest BCUT2D eigenvalue weighted by Gasteiger charge is 2.26. The molecule has 0 bridgehead atoms. The van der Waals surface area contributed by atoms with E-state index in [0.29, 0.717) is 6.42 Å². The minimum absolute atomic E-state index is 0.301. The van der Waals surface area contributed by atoms with E-state index in [9.17, 15) is 9.59 Å². The third-order valence-electron chi connectivity index (χ3n) is 2.15. The lowest BCUT2D eigenvalue weighted by molar-refractivity contribution is -0.171. The molecule has 0 aromatic heterocycles. The molecule has 18 heavy (non-hydrogen) atoms. The van der Waals surface area contributed by atoms with E-state index in [2.05, 4.69) is 5.32 Å². The number of amides is 2. The molecular weight excluding hydrogens is 236 g/mol. The summed E-state index contributed by atoms with van der Waals surface area (Å²) in [4.78, 5) is 28.3. The second kappa shape index (κ2) is 7.20. The first-order valence-electron chi connectivity index (χ1n) is 6.02. The summed E-state index contributed by atoms with van der Waals surface area (Å²) in [6.45, 7) is 7.24. The smallest absolute Gasteiger partial charge is 0.408 e. The topological polar surface area (TPSA) is 67.9 Å². The molecule has 6 heteroatoms. The van der Waals surface area contributed by atoms with Crippen molar-refractivity contribution in [2.75, 3.05) is 14.2 Å². The number of ether oxygens (including phenoxy) is 1. The van der Waals surface area contributed by atoms with Gasteiger partial charge < -0.3 is 10.1 Å². The minimum atomic E-state index is -0.630. The zero-order valence-corrected chi connectivity index (χ0v) is 12.1. The Labute approximate surface area is 109 Å². The van der Waals surface area contributed by atoms with Gasteiger partial charge in [-0.25, -0.2) is 9.86 Å². The molecule has 106 valence electrons. The van der Waals surface area contributed by atoms with Crippen molar-refractivity contribution in [1.29, 1.82) is 0 Å². The van der Waals surface area contributed by atoms with E-state index in [1.165, 1.54) is 14.2 Å². The number of rotatable bonds is 5. The molecule has 0 radical (unpaired) electrons. The number of carbonyl (C=O) groups excluding carboxylic acids is 2. The van der Waals surface area contributed by atoms with Gasteiger partial charge >= 0.3 is 6.09 Å². The minimum Gasteiger partial charge on any atom is -0.444 e. The van der Waals surface area contributed by atoms with Crippen molar-refractivity contribution < 1.29 is 19.2 Å². The summed E-state index contributed by atoms with van der Waals surface area (Å²) in [7, 11) is 2.90. The van der Waals surface area contributed by atoms with Crippen molar-refractivity contribution >= 4 is 12.0 Å². The second-order valence-electron chi connectivity index (χ2n) is 5.01. The Hall–Kier alpha value is -1.30. The fourth-order valence-corrected chi connectivity index (χ4v) is 1.31. The van der Waals surface area contributed by atoms with Crippen LogP contribution < -0.4 is 5.32 Å². The lowest BCUT2D eigenvalue weighted by Crippen LogP contribution is -2.48. The summed E-state index contributed by atoms with van der Waals surface area (Å²) in [5, 5.41) is 3.65. The van der Waals surface area contributed by atoms with Crippen LogP contribution in [0.4, 0.5) is 4.79 Å². The molecule has 1 atom stereocenters. The molecule has 0 aliphatic heterocycles. The lowest BCUT2D eigenvalue weighted by atomic mass is 10.1. The summed E-state index contributed by atoms with van der Waals surface area (Å²) >= 11 is 0. The van der Waals surface area contributed by atoms with Gasteiger partial charge in [-0.15, -0.1) is 0 Å². The second-order valence-corrected chi connectivity index (χ2v) is 5.01. The third kappa shape index (κ3) is 6.44. The third-order valence-corrected chi connectivity index (χ3v) is 2.15. The molecule has 0 saturated carbocycles. The van der Waals surface area contributed by atoms with Crippen LogP contribution in [0.25, 0.3) is 0 Å². The van der Waals surface area contributed by atoms with E-state index >= 15 is 0 Å². The molecule has 0 rings (SSSR count). The van der Waals surface area contributed by atoms with Crippen LogP contribution in [0.1, 0.15) is 40.5 Å². The Balaban J connectivity index is 4.53. The van der Waals surface area contributed by atoms with Gasteiger partial charge in [-0.1, -0.05) is 13.3 Å². The molecule has 0 aromatic carbocycles. The highest BCUT2D eigenvalue weighted by Crippen LogP contribution is 2.08.